The van der Waals surface area contributed by atoms with E-state index in [0.29, 0.717) is 5.92 Å². The van der Waals surface area contributed by atoms with Gasteiger partial charge in [-0.05, 0) is 61.4 Å². The number of nitrogen functional groups attached to an aromatic ring is 1. The van der Waals surface area contributed by atoms with Crippen molar-refractivity contribution in [2.45, 2.75) is 44.4 Å². The van der Waals surface area contributed by atoms with Crippen LogP contribution in [0, 0.1) is 11.8 Å². The standard InChI is InChI=1S/C21H24N2O2/c1-12-10-14(12)19-7-8-20(25-19)15-11-16(15)21(24)23-9-3-4-13-17(22)5-2-6-18(13)23/h2,5-8,12,14-16H,3-4,9-11,22H2,1H3. The van der Waals surface area contributed by atoms with E-state index in [1.807, 2.05) is 23.1 Å². The van der Waals surface area contributed by atoms with Crippen LogP contribution in [0.1, 0.15) is 55.1 Å². The van der Waals surface area contributed by atoms with E-state index in [1.54, 1.807) is 0 Å². The van der Waals surface area contributed by atoms with E-state index < -0.39 is 0 Å². The van der Waals surface area contributed by atoms with Crippen LogP contribution in [-0.2, 0) is 11.2 Å². The van der Waals surface area contributed by atoms with Crippen LogP contribution in [0.5, 0.6) is 0 Å². The third kappa shape index (κ3) is 2.46. The molecule has 0 spiro atoms. The normalized spacial score (nSPS) is 30.0. The lowest BCUT2D eigenvalue weighted by Crippen LogP contribution is -2.37. The highest BCUT2D eigenvalue weighted by atomic mass is 16.3. The summed E-state index contributed by atoms with van der Waals surface area (Å²) in [5.74, 6) is 3.98. The summed E-state index contributed by atoms with van der Waals surface area (Å²) in [5, 5.41) is 0. The molecule has 1 aromatic carbocycles. The minimum atomic E-state index is 0.0583. The molecule has 1 aromatic heterocycles. The predicted octanol–water partition coefficient (Wildman–Crippen LogP) is 4.07. The van der Waals surface area contributed by atoms with Crippen LogP contribution in [0.2, 0.25) is 0 Å². The Kier molecular flexibility index (Phi) is 3.24. The van der Waals surface area contributed by atoms with Gasteiger partial charge in [-0.1, -0.05) is 13.0 Å². The molecule has 1 amide bonds. The first-order chi connectivity index (χ1) is 12.1. The minimum absolute atomic E-state index is 0.0583. The molecule has 2 saturated carbocycles. The molecule has 4 heteroatoms. The second-order valence-corrected chi connectivity index (χ2v) is 7.95. The maximum atomic E-state index is 13.1. The monoisotopic (exact) mass is 336 g/mol. The molecule has 2 N–H and O–H groups in total. The van der Waals surface area contributed by atoms with Gasteiger partial charge in [-0.15, -0.1) is 0 Å². The number of rotatable bonds is 3. The second kappa shape index (κ2) is 5.38. The van der Waals surface area contributed by atoms with Crippen LogP contribution in [0.25, 0.3) is 0 Å². The summed E-state index contributed by atoms with van der Waals surface area (Å²) >= 11 is 0. The summed E-state index contributed by atoms with van der Waals surface area (Å²) < 4.78 is 6.07. The average molecular weight is 336 g/mol. The lowest BCUT2D eigenvalue weighted by Gasteiger charge is -2.30. The van der Waals surface area contributed by atoms with Crippen molar-refractivity contribution in [2.24, 2.45) is 11.8 Å². The van der Waals surface area contributed by atoms with Gasteiger partial charge in [0.1, 0.15) is 11.5 Å². The fourth-order valence-electron chi connectivity index (χ4n) is 4.35. The molecule has 4 unspecified atom stereocenters. The fourth-order valence-corrected chi connectivity index (χ4v) is 4.35. The van der Waals surface area contributed by atoms with Gasteiger partial charge >= 0.3 is 0 Å². The number of carbonyl (C=O) groups is 1. The molecular weight excluding hydrogens is 312 g/mol. The number of furan rings is 1. The second-order valence-electron chi connectivity index (χ2n) is 7.95. The first-order valence-corrected chi connectivity index (χ1v) is 9.42. The summed E-state index contributed by atoms with van der Waals surface area (Å²) in [4.78, 5) is 15.0. The van der Waals surface area contributed by atoms with Crippen molar-refractivity contribution >= 4 is 17.3 Å². The van der Waals surface area contributed by atoms with Crippen molar-refractivity contribution in [1.29, 1.82) is 0 Å². The average Bonchev–Trinajstić information content (AvgIpc) is 3.52. The molecule has 130 valence electrons. The van der Waals surface area contributed by atoms with Crippen molar-refractivity contribution in [3.05, 3.63) is 47.4 Å². The van der Waals surface area contributed by atoms with Crippen molar-refractivity contribution in [2.75, 3.05) is 17.2 Å². The van der Waals surface area contributed by atoms with Gasteiger partial charge in [0.25, 0.3) is 0 Å². The van der Waals surface area contributed by atoms with Gasteiger partial charge in [0, 0.05) is 35.7 Å². The van der Waals surface area contributed by atoms with Gasteiger partial charge in [0.2, 0.25) is 5.91 Å². The number of benzene rings is 1. The number of hydrogen-bond donors (Lipinski definition) is 1. The van der Waals surface area contributed by atoms with E-state index in [1.165, 1.54) is 6.42 Å². The zero-order valence-electron chi connectivity index (χ0n) is 14.6. The van der Waals surface area contributed by atoms with Crippen LogP contribution < -0.4 is 10.6 Å². The predicted molar refractivity (Wildman–Crippen MR) is 97.6 cm³/mol. The van der Waals surface area contributed by atoms with Crippen LogP contribution in [0.4, 0.5) is 11.4 Å². The summed E-state index contributed by atoms with van der Waals surface area (Å²) in [6.45, 7) is 3.05. The smallest absolute Gasteiger partial charge is 0.230 e. The highest BCUT2D eigenvalue weighted by Gasteiger charge is 2.49. The first kappa shape index (κ1) is 15.1. The van der Waals surface area contributed by atoms with Crippen LogP contribution >= 0.6 is 0 Å². The molecule has 1 aliphatic heterocycles. The number of amides is 1. The summed E-state index contributed by atoms with van der Waals surface area (Å²) in [5.41, 5.74) is 9.05. The number of nitrogens with zero attached hydrogens (tertiary/aromatic N) is 1. The zero-order valence-corrected chi connectivity index (χ0v) is 14.6. The Labute approximate surface area is 148 Å². The molecule has 4 nitrogen and oxygen atoms in total. The number of anilines is 2. The molecule has 4 atom stereocenters. The van der Waals surface area contributed by atoms with Crippen LogP contribution in [0.15, 0.2) is 34.7 Å². The number of nitrogens with two attached hydrogens (primary N) is 1. The maximum Gasteiger partial charge on any atom is 0.230 e. The Balaban J connectivity index is 1.34. The largest absolute Gasteiger partial charge is 0.465 e. The Morgan fingerprint density at radius 3 is 2.68 bits per heavy atom. The van der Waals surface area contributed by atoms with Gasteiger partial charge in [0.05, 0.1) is 0 Å². The number of carbonyl (C=O) groups excluding carboxylic acids is 1. The van der Waals surface area contributed by atoms with Crippen molar-refractivity contribution in [3.8, 4) is 0 Å². The summed E-state index contributed by atoms with van der Waals surface area (Å²) in [6, 6.07) is 10.1. The summed E-state index contributed by atoms with van der Waals surface area (Å²) in [6.07, 6.45) is 4.07. The molecule has 2 heterocycles. The lowest BCUT2D eigenvalue weighted by molar-refractivity contribution is -0.120. The SMILES string of the molecule is CC1CC1c1ccc(C2CC2C(=O)N2CCCc3c(N)cccc32)o1. The van der Waals surface area contributed by atoms with Gasteiger partial charge in [0.15, 0.2) is 0 Å². The maximum absolute atomic E-state index is 13.1. The van der Waals surface area contributed by atoms with E-state index in [0.717, 1.165) is 60.2 Å². The van der Waals surface area contributed by atoms with Crippen LogP contribution in [0.3, 0.4) is 0 Å². The Morgan fingerprint density at radius 2 is 1.92 bits per heavy atom. The Hall–Kier alpha value is -2.23. The molecule has 5 rings (SSSR count). The molecule has 3 aliphatic rings. The molecule has 2 fully saturated rings. The van der Waals surface area contributed by atoms with Crippen molar-refractivity contribution in [3.63, 3.8) is 0 Å². The van der Waals surface area contributed by atoms with E-state index in [4.69, 9.17) is 10.2 Å². The van der Waals surface area contributed by atoms with E-state index >= 15 is 0 Å². The number of hydrogen-bond acceptors (Lipinski definition) is 3. The van der Waals surface area contributed by atoms with E-state index in [9.17, 15) is 4.79 Å². The van der Waals surface area contributed by atoms with E-state index in [2.05, 4.69) is 19.1 Å². The lowest BCUT2D eigenvalue weighted by atomic mass is 9.99. The molecule has 2 aliphatic carbocycles. The van der Waals surface area contributed by atoms with Gasteiger partial charge < -0.3 is 15.1 Å². The summed E-state index contributed by atoms with van der Waals surface area (Å²) in [7, 11) is 0. The van der Waals surface area contributed by atoms with E-state index in [-0.39, 0.29) is 17.7 Å². The molecule has 0 saturated heterocycles. The third-order valence-electron chi connectivity index (χ3n) is 6.15. The van der Waals surface area contributed by atoms with Gasteiger partial charge in [-0.2, -0.15) is 0 Å². The fraction of sp³-hybridized carbons (Fsp3) is 0.476. The first-order valence-electron chi connectivity index (χ1n) is 9.42. The quantitative estimate of drug-likeness (QED) is 0.860. The zero-order chi connectivity index (χ0) is 17.1. The van der Waals surface area contributed by atoms with Crippen molar-refractivity contribution in [1.82, 2.24) is 0 Å². The van der Waals surface area contributed by atoms with Gasteiger partial charge in [-0.3, -0.25) is 4.79 Å². The molecule has 25 heavy (non-hydrogen) atoms. The molecular formula is C21H24N2O2. The molecule has 0 radical (unpaired) electrons. The Bertz CT molecular complexity index is 840. The minimum Gasteiger partial charge on any atom is -0.465 e. The Morgan fingerprint density at radius 1 is 1.16 bits per heavy atom. The molecule has 0 bridgehead atoms. The van der Waals surface area contributed by atoms with Gasteiger partial charge in [-0.25, -0.2) is 0 Å². The highest BCUT2D eigenvalue weighted by molar-refractivity contribution is 5.99. The topological polar surface area (TPSA) is 59.5 Å². The number of fused-ring (bicyclic) bond motifs is 1. The highest BCUT2D eigenvalue weighted by Crippen LogP contribution is 2.53. The third-order valence-corrected chi connectivity index (χ3v) is 6.15. The van der Waals surface area contributed by atoms with Crippen molar-refractivity contribution < 1.29 is 9.21 Å². The molecule has 2 aromatic rings. The van der Waals surface area contributed by atoms with Crippen LogP contribution in [-0.4, -0.2) is 12.5 Å².